The van der Waals surface area contributed by atoms with Gasteiger partial charge < -0.3 is 9.15 Å². The van der Waals surface area contributed by atoms with Crippen molar-refractivity contribution in [2.24, 2.45) is 5.10 Å². The summed E-state index contributed by atoms with van der Waals surface area (Å²) in [4.78, 5) is 0. The topological polar surface area (TPSA) is 38.0 Å². The third kappa shape index (κ3) is 2.41. The van der Waals surface area contributed by atoms with Crippen LogP contribution in [-0.4, -0.2) is 10.7 Å². The number of hydrogen-bond donors (Lipinski definition) is 0. The molecule has 3 heterocycles. The van der Waals surface area contributed by atoms with E-state index in [-0.39, 0.29) is 12.3 Å². The fourth-order valence-electron chi connectivity index (χ4n) is 3.72. The number of hydrogen-bond acceptors (Lipinski definition) is 4. The van der Waals surface area contributed by atoms with Crippen LogP contribution in [0.4, 0.5) is 0 Å². The Morgan fingerprint density at radius 1 is 0.962 bits per heavy atom. The van der Waals surface area contributed by atoms with E-state index in [0.717, 1.165) is 35.0 Å². The number of hydrazone groups is 1. The van der Waals surface area contributed by atoms with Crippen molar-refractivity contribution in [3.8, 4) is 5.75 Å². The molecule has 130 valence electrons. The van der Waals surface area contributed by atoms with Gasteiger partial charge in [-0.15, -0.1) is 0 Å². The molecule has 5 rings (SSSR count). The first-order valence-corrected chi connectivity index (χ1v) is 8.94. The van der Waals surface area contributed by atoms with Crippen LogP contribution < -0.4 is 4.74 Å². The van der Waals surface area contributed by atoms with Crippen LogP contribution >= 0.6 is 0 Å². The van der Waals surface area contributed by atoms with Crippen LogP contribution in [0.1, 0.15) is 46.9 Å². The highest BCUT2D eigenvalue weighted by Crippen LogP contribution is 2.47. The zero-order chi connectivity index (χ0) is 17.7. The molecular formula is C22H20N2O2. The van der Waals surface area contributed by atoms with Gasteiger partial charge in [0.1, 0.15) is 23.0 Å². The maximum atomic E-state index is 6.35. The van der Waals surface area contributed by atoms with Crippen LogP contribution in [0.3, 0.4) is 0 Å². The molecule has 3 aromatic rings. The SMILES string of the molecule is Cc1ccc(C2Oc3ccccc3C3CC(c4ccc(C)o4)=NN32)cc1. The number of benzene rings is 2. The molecule has 26 heavy (non-hydrogen) atoms. The Hall–Kier alpha value is -3.01. The summed E-state index contributed by atoms with van der Waals surface area (Å²) in [5, 5.41) is 6.99. The lowest BCUT2D eigenvalue weighted by molar-refractivity contribution is -0.0190. The molecule has 2 aliphatic heterocycles. The van der Waals surface area contributed by atoms with Gasteiger partial charge in [-0.2, -0.15) is 5.10 Å². The van der Waals surface area contributed by atoms with Crippen LogP contribution in [0.5, 0.6) is 5.75 Å². The van der Waals surface area contributed by atoms with Crippen molar-refractivity contribution in [2.45, 2.75) is 32.5 Å². The zero-order valence-electron chi connectivity index (χ0n) is 14.8. The Balaban J connectivity index is 1.59. The number of para-hydroxylation sites is 1. The molecule has 4 nitrogen and oxygen atoms in total. The molecule has 0 N–H and O–H groups in total. The second-order valence-corrected chi connectivity index (χ2v) is 6.98. The quantitative estimate of drug-likeness (QED) is 0.646. The summed E-state index contributed by atoms with van der Waals surface area (Å²) in [6.45, 7) is 4.05. The Bertz CT molecular complexity index is 987. The standard InChI is InChI=1S/C22H20N2O2/c1-14-7-10-16(11-8-14)22-24-19(17-5-3-4-6-20(17)26-22)13-18(23-24)21-12-9-15(2)25-21/h3-12,19,22H,13H2,1-2H3. The molecule has 0 fully saturated rings. The number of rotatable bonds is 2. The van der Waals surface area contributed by atoms with Crippen molar-refractivity contribution in [3.63, 3.8) is 0 Å². The van der Waals surface area contributed by atoms with Gasteiger partial charge in [-0.25, -0.2) is 5.01 Å². The highest BCUT2D eigenvalue weighted by molar-refractivity contribution is 5.99. The van der Waals surface area contributed by atoms with Crippen molar-refractivity contribution in [1.82, 2.24) is 5.01 Å². The van der Waals surface area contributed by atoms with E-state index in [4.69, 9.17) is 14.3 Å². The molecule has 0 saturated carbocycles. The van der Waals surface area contributed by atoms with Gasteiger partial charge in [0.15, 0.2) is 0 Å². The number of nitrogens with zero attached hydrogens (tertiary/aromatic N) is 2. The van der Waals surface area contributed by atoms with Crippen LogP contribution in [-0.2, 0) is 0 Å². The average Bonchev–Trinajstić information content (AvgIpc) is 3.28. The molecule has 0 amide bonds. The highest BCUT2D eigenvalue weighted by Gasteiger charge is 2.41. The number of furan rings is 1. The summed E-state index contributed by atoms with van der Waals surface area (Å²) < 4.78 is 12.2. The maximum Gasteiger partial charge on any atom is 0.213 e. The van der Waals surface area contributed by atoms with E-state index >= 15 is 0 Å². The fourth-order valence-corrected chi connectivity index (χ4v) is 3.72. The second kappa shape index (κ2) is 5.77. The minimum Gasteiger partial charge on any atom is -0.464 e. The summed E-state index contributed by atoms with van der Waals surface area (Å²) in [7, 11) is 0. The van der Waals surface area contributed by atoms with Crippen LogP contribution in [0.2, 0.25) is 0 Å². The highest BCUT2D eigenvalue weighted by atomic mass is 16.5. The summed E-state index contributed by atoms with van der Waals surface area (Å²) in [6.07, 6.45) is 0.583. The van der Waals surface area contributed by atoms with Crippen LogP contribution in [0.25, 0.3) is 0 Å². The largest absolute Gasteiger partial charge is 0.464 e. The lowest BCUT2D eigenvalue weighted by Crippen LogP contribution is -2.33. The lowest BCUT2D eigenvalue weighted by atomic mass is 9.97. The summed E-state index contributed by atoms with van der Waals surface area (Å²) in [6, 6.07) is 20.9. The van der Waals surface area contributed by atoms with E-state index in [1.165, 1.54) is 11.1 Å². The van der Waals surface area contributed by atoms with Gasteiger partial charge in [0, 0.05) is 17.5 Å². The van der Waals surface area contributed by atoms with Crippen molar-refractivity contribution in [1.29, 1.82) is 0 Å². The smallest absolute Gasteiger partial charge is 0.213 e. The minimum absolute atomic E-state index is 0.159. The van der Waals surface area contributed by atoms with Crippen molar-refractivity contribution >= 4 is 5.71 Å². The molecule has 0 bridgehead atoms. The molecule has 2 aliphatic rings. The van der Waals surface area contributed by atoms with E-state index in [9.17, 15) is 0 Å². The van der Waals surface area contributed by atoms with Crippen LogP contribution in [0, 0.1) is 13.8 Å². The van der Waals surface area contributed by atoms with Gasteiger partial charge >= 0.3 is 0 Å². The second-order valence-electron chi connectivity index (χ2n) is 6.98. The van der Waals surface area contributed by atoms with Crippen LogP contribution in [0.15, 0.2) is 70.2 Å². The molecule has 2 atom stereocenters. The third-order valence-electron chi connectivity index (χ3n) is 5.09. The first-order chi connectivity index (χ1) is 12.7. The number of ether oxygens (including phenoxy) is 1. The van der Waals surface area contributed by atoms with Gasteiger partial charge in [-0.3, -0.25) is 0 Å². The Morgan fingerprint density at radius 2 is 1.77 bits per heavy atom. The Kier molecular flexibility index (Phi) is 3.38. The Labute approximate surface area is 152 Å². The van der Waals surface area contributed by atoms with Gasteiger partial charge in [0.05, 0.1) is 6.04 Å². The summed E-state index contributed by atoms with van der Waals surface area (Å²) in [5.74, 6) is 2.68. The van der Waals surface area contributed by atoms with Gasteiger partial charge in [-0.1, -0.05) is 48.0 Å². The zero-order valence-corrected chi connectivity index (χ0v) is 14.8. The molecule has 0 spiro atoms. The average molecular weight is 344 g/mol. The monoisotopic (exact) mass is 344 g/mol. The van der Waals surface area contributed by atoms with Gasteiger partial charge in [0.25, 0.3) is 0 Å². The van der Waals surface area contributed by atoms with Crippen molar-refractivity contribution in [3.05, 3.63) is 88.9 Å². The van der Waals surface area contributed by atoms with Gasteiger partial charge in [0.2, 0.25) is 6.23 Å². The molecule has 4 heteroatoms. The number of aryl methyl sites for hydroxylation is 2. The first-order valence-electron chi connectivity index (χ1n) is 8.94. The van der Waals surface area contributed by atoms with Gasteiger partial charge in [-0.05, 0) is 32.0 Å². The predicted octanol–water partition coefficient (Wildman–Crippen LogP) is 5.14. The number of fused-ring (bicyclic) bond motifs is 3. The fraction of sp³-hybridized carbons (Fsp3) is 0.227. The maximum absolute atomic E-state index is 6.35. The van der Waals surface area contributed by atoms with E-state index in [1.54, 1.807) is 0 Å². The molecule has 0 saturated heterocycles. The minimum atomic E-state index is -0.232. The summed E-state index contributed by atoms with van der Waals surface area (Å²) >= 11 is 0. The molecule has 0 radical (unpaired) electrons. The lowest BCUT2D eigenvalue weighted by Gasteiger charge is -2.38. The third-order valence-corrected chi connectivity index (χ3v) is 5.09. The normalized spacial score (nSPS) is 21.0. The molecular weight excluding hydrogens is 324 g/mol. The van der Waals surface area contributed by atoms with E-state index < -0.39 is 0 Å². The van der Waals surface area contributed by atoms with E-state index in [1.807, 2.05) is 31.2 Å². The van der Waals surface area contributed by atoms with Crippen molar-refractivity contribution in [2.75, 3.05) is 0 Å². The van der Waals surface area contributed by atoms with Crippen molar-refractivity contribution < 1.29 is 9.15 Å². The first kappa shape index (κ1) is 15.3. The van der Waals surface area contributed by atoms with E-state index in [0.29, 0.717) is 0 Å². The molecule has 1 aromatic heterocycles. The molecule has 2 unspecified atom stereocenters. The molecule has 2 aromatic carbocycles. The molecule has 0 aliphatic carbocycles. The summed E-state index contributed by atoms with van der Waals surface area (Å²) in [5.41, 5.74) is 4.49. The Morgan fingerprint density at radius 3 is 2.54 bits per heavy atom. The van der Waals surface area contributed by atoms with E-state index in [2.05, 4.69) is 48.3 Å². The predicted molar refractivity (Wildman–Crippen MR) is 100 cm³/mol.